The summed E-state index contributed by atoms with van der Waals surface area (Å²) in [5, 5.41) is 12.3. The van der Waals surface area contributed by atoms with E-state index in [1.54, 1.807) is 6.20 Å². The van der Waals surface area contributed by atoms with Gasteiger partial charge in [0.05, 0.1) is 6.61 Å². The first-order chi connectivity index (χ1) is 8.38. The highest BCUT2D eigenvalue weighted by Gasteiger charge is 1.95. The van der Waals surface area contributed by atoms with Crippen molar-refractivity contribution >= 4 is 0 Å². The van der Waals surface area contributed by atoms with Crippen LogP contribution >= 0.6 is 0 Å². The molecule has 3 heteroatoms. The highest BCUT2D eigenvalue weighted by atomic mass is 16.3. The fourth-order valence-corrected chi connectivity index (χ4v) is 1.62. The van der Waals surface area contributed by atoms with Gasteiger partial charge in [0.1, 0.15) is 0 Å². The van der Waals surface area contributed by atoms with Crippen LogP contribution in [0, 0.1) is 0 Å². The maximum absolute atomic E-state index is 8.93. The fraction of sp³-hybridized carbons (Fsp3) is 0.214. The molecule has 88 valence electrons. The van der Waals surface area contributed by atoms with E-state index in [1.807, 2.05) is 36.5 Å². The van der Waals surface area contributed by atoms with Crippen LogP contribution in [0.2, 0.25) is 0 Å². The number of rotatable bonds is 5. The molecule has 3 nitrogen and oxygen atoms in total. The quantitative estimate of drug-likeness (QED) is 0.821. The summed E-state index contributed by atoms with van der Waals surface area (Å²) in [5.41, 5.74) is 3.34. The van der Waals surface area contributed by atoms with Gasteiger partial charge in [0.25, 0.3) is 0 Å². The van der Waals surface area contributed by atoms with E-state index in [-0.39, 0.29) is 6.61 Å². The molecular formula is C14H16N2O. The summed E-state index contributed by atoms with van der Waals surface area (Å²) in [6.07, 6.45) is 3.64. The van der Waals surface area contributed by atoms with Crippen LogP contribution < -0.4 is 5.32 Å². The Morgan fingerprint density at radius 2 is 1.65 bits per heavy atom. The van der Waals surface area contributed by atoms with Crippen LogP contribution in [0.5, 0.6) is 0 Å². The average molecular weight is 228 g/mol. The van der Waals surface area contributed by atoms with E-state index in [4.69, 9.17) is 5.11 Å². The molecule has 1 aromatic carbocycles. The van der Waals surface area contributed by atoms with Crippen molar-refractivity contribution in [3.05, 3.63) is 65.5 Å². The minimum atomic E-state index is 0.101. The zero-order valence-corrected chi connectivity index (χ0v) is 9.63. The lowest BCUT2D eigenvalue weighted by atomic mass is 10.1. The smallest absolute Gasteiger partial charge is 0.0681 e. The average Bonchev–Trinajstić information content (AvgIpc) is 2.41. The highest BCUT2D eigenvalue weighted by molar-refractivity contribution is 5.22. The van der Waals surface area contributed by atoms with Gasteiger partial charge < -0.3 is 10.4 Å². The summed E-state index contributed by atoms with van der Waals surface area (Å²) >= 11 is 0. The van der Waals surface area contributed by atoms with Crippen molar-refractivity contribution in [3.8, 4) is 0 Å². The molecule has 0 saturated carbocycles. The van der Waals surface area contributed by atoms with Crippen LogP contribution in [0.25, 0.3) is 0 Å². The molecule has 17 heavy (non-hydrogen) atoms. The second-order valence-corrected chi connectivity index (χ2v) is 3.94. The lowest BCUT2D eigenvalue weighted by molar-refractivity contribution is 0.282. The Bertz CT molecular complexity index is 440. The number of benzene rings is 1. The number of aromatic nitrogens is 1. The molecule has 0 spiro atoms. The van der Waals surface area contributed by atoms with Crippen molar-refractivity contribution in [3.63, 3.8) is 0 Å². The normalized spacial score (nSPS) is 10.4. The standard InChI is InChI=1S/C14H16N2O/c17-11-13-5-3-12(4-6-13)8-16-10-14-2-1-7-15-9-14/h1-7,9,16-17H,8,10-11H2. The summed E-state index contributed by atoms with van der Waals surface area (Å²) in [4.78, 5) is 4.07. The first kappa shape index (κ1) is 11.8. The van der Waals surface area contributed by atoms with E-state index in [0.29, 0.717) is 0 Å². The minimum absolute atomic E-state index is 0.101. The molecule has 2 aromatic rings. The molecule has 1 aromatic heterocycles. The molecule has 2 rings (SSSR count). The number of nitrogens with zero attached hydrogens (tertiary/aromatic N) is 1. The van der Waals surface area contributed by atoms with E-state index in [0.717, 1.165) is 18.7 Å². The topological polar surface area (TPSA) is 45.1 Å². The Morgan fingerprint density at radius 1 is 0.941 bits per heavy atom. The van der Waals surface area contributed by atoms with Crippen LogP contribution in [-0.2, 0) is 19.7 Å². The number of hydrogen-bond acceptors (Lipinski definition) is 3. The van der Waals surface area contributed by atoms with Gasteiger partial charge in [0.2, 0.25) is 0 Å². The number of aliphatic hydroxyl groups is 1. The molecule has 0 aliphatic carbocycles. The van der Waals surface area contributed by atoms with Crippen molar-refractivity contribution in [1.82, 2.24) is 10.3 Å². The van der Waals surface area contributed by atoms with Gasteiger partial charge in [-0.05, 0) is 22.8 Å². The molecule has 0 atom stereocenters. The molecule has 0 fully saturated rings. The summed E-state index contributed by atoms with van der Waals surface area (Å²) in [7, 11) is 0. The molecular weight excluding hydrogens is 212 g/mol. The van der Waals surface area contributed by atoms with Crippen molar-refractivity contribution in [2.24, 2.45) is 0 Å². The van der Waals surface area contributed by atoms with Crippen LogP contribution in [0.1, 0.15) is 16.7 Å². The van der Waals surface area contributed by atoms with E-state index in [1.165, 1.54) is 11.1 Å². The highest BCUT2D eigenvalue weighted by Crippen LogP contribution is 2.04. The molecule has 0 unspecified atom stereocenters. The van der Waals surface area contributed by atoms with Crippen molar-refractivity contribution in [1.29, 1.82) is 0 Å². The van der Waals surface area contributed by atoms with Gasteiger partial charge in [-0.3, -0.25) is 4.98 Å². The van der Waals surface area contributed by atoms with E-state index in [2.05, 4.69) is 16.4 Å². The summed E-state index contributed by atoms with van der Waals surface area (Å²) in [5.74, 6) is 0. The van der Waals surface area contributed by atoms with Crippen LogP contribution in [0.15, 0.2) is 48.8 Å². The Hall–Kier alpha value is -1.71. The molecule has 2 N–H and O–H groups in total. The zero-order valence-electron chi connectivity index (χ0n) is 9.63. The summed E-state index contributed by atoms with van der Waals surface area (Å²) in [6, 6.07) is 11.9. The summed E-state index contributed by atoms with van der Waals surface area (Å²) < 4.78 is 0. The minimum Gasteiger partial charge on any atom is -0.392 e. The fourth-order valence-electron chi connectivity index (χ4n) is 1.62. The molecule has 0 saturated heterocycles. The van der Waals surface area contributed by atoms with Crippen LogP contribution in [0.3, 0.4) is 0 Å². The SMILES string of the molecule is OCc1ccc(CNCc2cccnc2)cc1. The largest absolute Gasteiger partial charge is 0.392 e. The van der Waals surface area contributed by atoms with Gasteiger partial charge in [0, 0.05) is 25.5 Å². The number of aliphatic hydroxyl groups excluding tert-OH is 1. The van der Waals surface area contributed by atoms with Crippen molar-refractivity contribution < 1.29 is 5.11 Å². The molecule has 0 radical (unpaired) electrons. The van der Waals surface area contributed by atoms with Crippen molar-refractivity contribution in [2.45, 2.75) is 19.7 Å². The van der Waals surface area contributed by atoms with Crippen LogP contribution in [0.4, 0.5) is 0 Å². The maximum atomic E-state index is 8.93. The van der Waals surface area contributed by atoms with E-state index in [9.17, 15) is 0 Å². The number of nitrogens with one attached hydrogen (secondary N) is 1. The Kier molecular flexibility index (Phi) is 4.24. The van der Waals surface area contributed by atoms with Gasteiger partial charge in [-0.1, -0.05) is 30.3 Å². The summed E-state index contributed by atoms with van der Waals surface area (Å²) in [6.45, 7) is 1.74. The number of pyridine rings is 1. The first-order valence-electron chi connectivity index (χ1n) is 5.67. The number of hydrogen-bond donors (Lipinski definition) is 2. The zero-order chi connectivity index (χ0) is 11.9. The first-order valence-corrected chi connectivity index (χ1v) is 5.67. The Labute approximate surface area is 101 Å². The second kappa shape index (κ2) is 6.13. The molecule has 0 aliphatic rings. The lowest BCUT2D eigenvalue weighted by Crippen LogP contribution is -2.12. The Balaban J connectivity index is 1.82. The third kappa shape index (κ3) is 3.66. The van der Waals surface area contributed by atoms with Gasteiger partial charge in [-0.2, -0.15) is 0 Å². The van der Waals surface area contributed by atoms with Crippen molar-refractivity contribution in [2.75, 3.05) is 0 Å². The Morgan fingerprint density at radius 3 is 2.29 bits per heavy atom. The van der Waals surface area contributed by atoms with Gasteiger partial charge in [0.15, 0.2) is 0 Å². The third-order valence-electron chi connectivity index (χ3n) is 2.59. The van der Waals surface area contributed by atoms with Gasteiger partial charge in [-0.15, -0.1) is 0 Å². The van der Waals surface area contributed by atoms with E-state index < -0.39 is 0 Å². The van der Waals surface area contributed by atoms with Crippen LogP contribution in [-0.4, -0.2) is 10.1 Å². The predicted molar refractivity (Wildman–Crippen MR) is 67.1 cm³/mol. The monoisotopic (exact) mass is 228 g/mol. The third-order valence-corrected chi connectivity index (χ3v) is 2.59. The molecule has 1 heterocycles. The molecule has 0 amide bonds. The predicted octanol–water partition coefficient (Wildman–Crippen LogP) is 1.86. The van der Waals surface area contributed by atoms with Gasteiger partial charge in [-0.25, -0.2) is 0 Å². The maximum Gasteiger partial charge on any atom is 0.0681 e. The van der Waals surface area contributed by atoms with Gasteiger partial charge >= 0.3 is 0 Å². The lowest BCUT2D eigenvalue weighted by Gasteiger charge is -2.05. The molecule has 0 aliphatic heterocycles. The molecule has 0 bridgehead atoms. The van der Waals surface area contributed by atoms with E-state index >= 15 is 0 Å². The second-order valence-electron chi connectivity index (χ2n) is 3.94.